The largest absolute Gasteiger partial charge is 0.336 e. The van der Waals surface area contributed by atoms with E-state index in [1.165, 1.54) is 0 Å². The van der Waals surface area contributed by atoms with Gasteiger partial charge in [-0.1, -0.05) is 30.5 Å². The smallest absolute Gasteiger partial charge is 0.182 e. The number of aromatic nitrogens is 2. The summed E-state index contributed by atoms with van der Waals surface area (Å²) >= 11 is 0. The highest BCUT2D eigenvalue weighted by Crippen LogP contribution is 2.29. The molecule has 1 aromatic carbocycles. The summed E-state index contributed by atoms with van der Waals surface area (Å²) in [5.41, 5.74) is 1.08. The second-order valence-corrected chi connectivity index (χ2v) is 8.71. The van der Waals surface area contributed by atoms with Crippen molar-refractivity contribution in [1.29, 1.82) is 0 Å². The molecule has 130 valence electrons. The van der Waals surface area contributed by atoms with Crippen LogP contribution in [0.25, 0.3) is 0 Å². The molecule has 1 saturated carbocycles. The molecular weight excluding hydrogens is 322 g/mol. The molecule has 2 atom stereocenters. The number of hydrogen-bond donors (Lipinski definition) is 1. The molecule has 2 aromatic rings. The van der Waals surface area contributed by atoms with Crippen LogP contribution in [-0.2, 0) is 16.4 Å². The molecule has 1 aliphatic carbocycles. The molecule has 1 fully saturated rings. The molecule has 0 saturated heterocycles. The number of sulfone groups is 1. The van der Waals surface area contributed by atoms with E-state index in [2.05, 4.69) is 10.3 Å². The molecule has 0 unspecified atom stereocenters. The monoisotopic (exact) mass is 347 g/mol. The minimum atomic E-state index is -3.29. The third kappa shape index (κ3) is 3.87. The first-order valence-corrected chi connectivity index (χ1v) is 10.1. The highest BCUT2D eigenvalue weighted by atomic mass is 32.2. The van der Waals surface area contributed by atoms with E-state index in [-0.39, 0.29) is 11.3 Å². The van der Waals surface area contributed by atoms with E-state index in [0.29, 0.717) is 4.90 Å². The van der Waals surface area contributed by atoms with Crippen LogP contribution in [0.15, 0.2) is 47.9 Å². The van der Waals surface area contributed by atoms with Crippen LogP contribution in [-0.4, -0.2) is 35.8 Å². The minimum Gasteiger partial charge on any atom is -0.336 e. The quantitative estimate of drug-likeness (QED) is 0.872. The number of hydrogen-bond acceptors (Lipinski definition) is 4. The van der Waals surface area contributed by atoms with Crippen molar-refractivity contribution in [3.63, 3.8) is 0 Å². The van der Waals surface area contributed by atoms with Crippen molar-refractivity contribution in [3.8, 4) is 0 Å². The average Bonchev–Trinajstić information content (AvgIpc) is 3.09. The third-order valence-corrected chi connectivity index (χ3v) is 7.08. The van der Waals surface area contributed by atoms with Gasteiger partial charge in [0.1, 0.15) is 0 Å². The van der Waals surface area contributed by atoms with Gasteiger partial charge in [0.25, 0.3) is 0 Å². The Kier molecular flexibility index (Phi) is 5.36. The Labute approximate surface area is 144 Å². The minimum absolute atomic E-state index is 0.0218. The van der Waals surface area contributed by atoms with Crippen molar-refractivity contribution in [2.24, 2.45) is 0 Å². The van der Waals surface area contributed by atoms with Crippen LogP contribution in [0.4, 0.5) is 0 Å². The fraction of sp³-hybridized carbons (Fsp3) is 0.500. The number of benzene rings is 1. The van der Waals surface area contributed by atoms with Crippen molar-refractivity contribution >= 4 is 9.84 Å². The van der Waals surface area contributed by atoms with Crippen molar-refractivity contribution in [3.05, 3.63) is 48.5 Å². The van der Waals surface area contributed by atoms with Crippen LogP contribution in [0.2, 0.25) is 0 Å². The van der Waals surface area contributed by atoms with Gasteiger partial charge in [0, 0.05) is 31.5 Å². The van der Waals surface area contributed by atoms with Gasteiger partial charge in [-0.05, 0) is 31.9 Å². The molecule has 1 aromatic heterocycles. The number of imidazole rings is 1. The van der Waals surface area contributed by atoms with Crippen molar-refractivity contribution < 1.29 is 8.42 Å². The topological polar surface area (TPSA) is 64.0 Å². The van der Waals surface area contributed by atoms with E-state index in [4.69, 9.17) is 0 Å². The highest BCUT2D eigenvalue weighted by Gasteiger charge is 2.36. The number of nitrogens with one attached hydrogen (secondary N) is 1. The number of aryl methyl sites for hydroxylation is 1. The van der Waals surface area contributed by atoms with Crippen LogP contribution in [0.1, 0.15) is 31.2 Å². The maximum atomic E-state index is 13.0. The van der Waals surface area contributed by atoms with Crippen molar-refractivity contribution in [1.82, 2.24) is 14.9 Å². The Balaban J connectivity index is 1.70. The van der Waals surface area contributed by atoms with Gasteiger partial charge in [-0.25, -0.2) is 13.4 Å². The Morgan fingerprint density at radius 3 is 2.67 bits per heavy atom. The molecule has 6 heteroatoms. The van der Waals surface area contributed by atoms with Gasteiger partial charge in [0.2, 0.25) is 0 Å². The molecule has 0 amide bonds. The van der Waals surface area contributed by atoms with Gasteiger partial charge in [0.05, 0.1) is 16.5 Å². The molecule has 0 spiro atoms. The van der Waals surface area contributed by atoms with Gasteiger partial charge in [0.15, 0.2) is 9.84 Å². The summed E-state index contributed by atoms with van der Waals surface area (Å²) in [7, 11) is -3.29. The number of rotatable bonds is 6. The summed E-state index contributed by atoms with van der Waals surface area (Å²) in [5.74, 6) is 0. The van der Waals surface area contributed by atoms with E-state index >= 15 is 0 Å². The van der Waals surface area contributed by atoms with Crippen LogP contribution in [0, 0.1) is 6.92 Å². The zero-order valence-corrected chi connectivity index (χ0v) is 14.9. The molecule has 1 N–H and O–H groups in total. The van der Waals surface area contributed by atoms with E-state index in [9.17, 15) is 8.42 Å². The first kappa shape index (κ1) is 17.2. The Hall–Kier alpha value is -1.66. The van der Waals surface area contributed by atoms with Gasteiger partial charge in [-0.15, -0.1) is 0 Å². The molecule has 5 nitrogen and oxygen atoms in total. The zero-order valence-electron chi connectivity index (χ0n) is 14.1. The summed E-state index contributed by atoms with van der Waals surface area (Å²) in [6.07, 6.45) is 9.17. The summed E-state index contributed by atoms with van der Waals surface area (Å²) < 4.78 is 28.1. The lowest BCUT2D eigenvalue weighted by Gasteiger charge is -2.32. The van der Waals surface area contributed by atoms with E-state index in [0.717, 1.165) is 44.3 Å². The van der Waals surface area contributed by atoms with Crippen LogP contribution >= 0.6 is 0 Å². The Morgan fingerprint density at radius 1 is 1.21 bits per heavy atom. The Bertz CT molecular complexity index is 739. The normalized spacial score (nSPS) is 21.7. The van der Waals surface area contributed by atoms with Crippen molar-refractivity contribution in [2.45, 2.75) is 55.3 Å². The molecule has 0 bridgehead atoms. The SMILES string of the molecule is Cc1ccc(S(=O)(=O)[C@H]2CCCC[C@H]2NCCn2ccnc2)cc1. The first-order valence-electron chi connectivity index (χ1n) is 8.57. The molecular formula is C18H25N3O2S. The second kappa shape index (κ2) is 7.49. The molecule has 24 heavy (non-hydrogen) atoms. The van der Waals surface area contributed by atoms with Crippen LogP contribution in [0.3, 0.4) is 0 Å². The maximum Gasteiger partial charge on any atom is 0.182 e. The van der Waals surface area contributed by atoms with E-state index < -0.39 is 9.84 Å². The van der Waals surface area contributed by atoms with Crippen LogP contribution in [0.5, 0.6) is 0 Å². The van der Waals surface area contributed by atoms with Gasteiger partial charge in [-0.3, -0.25) is 0 Å². The lowest BCUT2D eigenvalue weighted by atomic mass is 9.95. The molecule has 3 rings (SSSR count). The van der Waals surface area contributed by atoms with Gasteiger partial charge < -0.3 is 9.88 Å². The lowest BCUT2D eigenvalue weighted by molar-refractivity contribution is 0.365. The lowest BCUT2D eigenvalue weighted by Crippen LogP contribution is -2.47. The average molecular weight is 347 g/mol. The zero-order chi connectivity index (χ0) is 17.0. The van der Waals surface area contributed by atoms with Gasteiger partial charge in [-0.2, -0.15) is 0 Å². The fourth-order valence-corrected chi connectivity index (χ4v) is 5.41. The summed E-state index contributed by atoms with van der Waals surface area (Å²) in [5, 5.41) is 3.13. The second-order valence-electron chi connectivity index (χ2n) is 6.54. The molecule has 1 heterocycles. The molecule has 0 aliphatic heterocycles. The van der Waals surface area contributed by atoms with E-state index in [1.807, 2.05) is 29.8 Å². The maximum absolute atomic E-state index is 13.0. The fourth-order valence-electron chi connectivity index (χ4n) is 3.40. The molecule has 0 radical (unpaired) electrons. The van der Waals surface area contributed by atoms with Crippen LogP contribution < -0.4 is 5.32 Å². The summed E-state index contributed by atoms with van der Waals surface area (Å²) in [6.45, 7) is 3.52. The predicted octanol–water partition coefficient (Wildman–Crippen LogP) is 2.57. The van der Waals surface area contributed by atoms with Gasteiger partial charge >= 0.3 is 0 Å². The first-order chi connectivity index (χ1) is 11.6. The van der Waals surface area contributed by atoms with E-state index in [1.54, 1.807) is 24.7 Å². The Morgan fingerprint density at radius 2 is 1.96 bits per heavy atom. The summed E-state index contributed by atoms with van der Waals surface area (Å²) in [4.78, 5) is 4.47. The van der Waals surface area contributed by atoms with Crippen molar-refractivity contribution in [2.75, 3.05) is 6.54 Å². The summed E-state index contributed by atoms with van der Waals surface area (Å²) in [6, 6.07) is 7.24. The third-order valence-electron chi connectivity index (χ3n) is 4.79. The predicted molar refractivity (Wildman–Crippen MR) is 94.6 cm³/mol. The standard InChI is InChI=1S/C18H25N3O2S/c1-15-6-8-16(9-7-15)24(22,23)18-5-3-2-4-17(18)20-11-13-21-12-10-19-14-21/h6-10,12,14,17-18,20H,2-5,11,13H2,1H3/t17-,18+/m1/s1. The number of nitrogens with zero attached hydrogens (tertiary/aromatic N) is 2. The highest BCUT2D eigenvalue weighted by molar-refractivity contribution is 7.92. The molecule has 1 aliphatic rings.